The highest BCUT2D eigenvalue weighted by Crippen LogP contribution is 2.53. The van der Waals surface area contributed by atoms with Gasteiger partial charge >= 0.3 is 0 Å². The van der Waals surface area contributed by atoms with Crippen molar-refractivity contribution in [3.63, 3.8) is 0 Å². The average Bonchev–Trinajstić information content (AvgIpc) is 3.56. The van der Waals surface area contributed by atoms with E-state index in [-0.39, 0.29) is 5.41 Å². The van der Waals surface area contributed by atoms with Crippen molar-refractivity contribution in [3.05, 3.63) is 236 Å². The molecule has 0 atom stereocenters. The van der Waals surface area contributed by atoms with Crippen LogP contribution < -0.4 is 4.90 Å². The molecule has 0 saturated carbocycles. The van der Waals surface area contributed by atoms with Crippen LogP contribution in [0.4, 0.5) is 17.1 Å². The van der Waals surface area contributed by atoms with Gasteiger partial charge in [0.05, 0.1) is 5.69 Å². The Bertz CT molecular complexity index is 3550. The normalized spacial score (nSPS) is 12.8. The Hall–Kier alpha value is -7.74. The van der Waals surface area contributed by atoms with Crippen molar-refractivity contribution in [2.75, 3.05) is 4.90 Å². The summed E-state index contributed by atoms with van der Waals surface area (Å²) in [5.41, 5.74) is 15.8. The van der Waals surface area contributed by atoms with Gasteiger partial charge in [-0.1, -0.05) is 190 Å². The third-order valence-electron chi connectivity index (χ3n) is 13.4. The van der Waals surface area contributed by atoms with Crippen molar-refractivity contribution in [1.82, 2.24) is 0 Å². The SMILES string of the molecule is CC1(C)c2ccccc2-c2ccc(N(c3ccc(-c4ccc5ccccc5c4)cc3)c3cccc(-c4ccc5ccccc5c4)c3-c3cc4ccccc4c4ccccc34)cc21. The number of hydrogen-bond acceptors (Lipinski definition) is 1. The van der Waals surface area contributed by atoms with Crippen molar-refractivity contribution in [3.8, 4) is 44.5 Å². The number of hydrogen-bond donors (Lipinski definition) is 0. The first-order valence-electron chi connectivity index (χ1n) is 21.7. The van der Waals surface area contributed by atoms with E-state index in [4.69, 9.17) is 0 Å². The van der Waals surface area contributed by atoms with Gasteiger partial charge in [0.15, 0.2) is 0 Å². The third-order valence-corrected chi connectivity index (χ3v) is 13.4. The Morgan fingerprint density at radius 1 is 0.306 bits per heavy atom. The minimum atomic E-state index is -0.155. The Morgan fingerprint density at radius 3 is 1.61 bits per heavy atom. The van der Waals surface area contributed by atoms with Crippen LogP contribution in [0.2, 0.25) is 0 Å². The first-order chi connectivity index (χ1) is 30.5. The lowest BCUT2D eigenvalue weighted by Gasteiger charge is -2.31. The molecule has 1 aliphatic rings. The van der Waals surface area contributed by atoms with Crippen molar-refractivity contribution < 1.29 is 0 Å². The molecule has 1 nitrogen and oxygen atoms in total. The standard InChI is InChI=1S/C61H43N/c1-61(2)57-24-12-11-22-54(57)55-35-34-49(39-58(55)61)62(48-32-30-42(31-33-48)45-28-26-40-14-3-5-16-43(40)36-45)59-25-13-23-51(47-29-27-41-15-4-6-17-44(41)37-47)60(59)56-38-46-18-7-8-19-50(46)52-20-9-10-21-53(52)56/h3-39H,1-2H3. The molecular formula is C61H43N. The van der Waals surface area contributed by atoms with Crippen molar-refractivity contribution in [2.45, 2.75) is 19.3 Å². The molecule has 0 N–H and O–H groups in total. The minimum absolute atomic E-state index is 0.155. The minimum Gasteiger partial charge on any atom is -0.310 e. The topological polar surface area (TPSA) is 3.24 Å². The molecule has 0 unspecified atom stereocenters. The molecule has 11 aromatic carbocycles. The largest absolute Gasteiger partial charge is 0.310 e. The highest BCUT2D eigenvalue weighted by atomic mass is 15.1. The first-order valence-corrected chi connectivity index (χ1v) is 21.7. The number of nitrogens with zero attached hydrogens (tertiary/aromatic N) is 1. The van der Waals surface area contributed by atoms with E-state index in [0.29, 0.717) is 0 Å². The van der Waals surface area contributed by atoms with Gasteiger partial charge in [-0.25, -0.2) is 0 Å². The summed E-state index contributed by atoms with van der Waals surface area (Å²) >= 11 is 0. The van der Waals surface area contributed by atoms with E-state index in [2.05, 4.69) is 243 Å². The van der Waals surface area contributed by atoms with E-state index >= 15 is 0 Å². The van der Waals surface area contributed by atoms with E-state index in [9.17, 15) is 0 Å². The highest BCUT2D eigenvalue weighted by Gasteiger charge is 2.36. The maximum atomic E-state index is 2.51. The zero-order valence-corrected chi connectivity index (χ0v) is 34.8. The van der Waals surface area contributed by atoms with Gasteiger partial charge < -0.3 is 4.90 Å². The summed E-state index contributed by atoms with van der Waals surface area (Å²) in [7, 11) is 0. The molecule has 0 heterocycles. The second-order valence-corrected chi connectivity index (χ2v) is 17.3. The highest BCUT2D eigenvalue weighted by molar-refractivity contribution is 6.17. The van der Waals surface area contributed by atoms with Crippen LogP contribution in [0.25, 0.3) is 87.6 Å². The fourth-order valence-corrected chi connectivity index (χ4v) is 10.3. The summed E-state index contributed by atoms with van der Waals surface area (Å²) in [6.45, 7) is 4.74. The van der Waals surface area contributed by atoms with Gasteiger partial charge in [0.1, 0.15) is 0 Å². The van der Waals surface area contributed by atoms with Crippen LogP contribution in [0, 0.1) is 0 Å². The lowest BCUT2D eigenvalue weighted by atomic mass is 9.82. The van der Waals surface area contributed by atoms with Gasteiger partial charge in [0.2, 0.25) is 0 Å². The molecule has 0 spiro atoms. The first kappa shape index (κ1) is 36.1. The fraction of sp³-hybridized carbons (Fsp3) is 0.0492. The quantitative estimate of drug-likeness (QED) is 0.152. The van der Waals surface area contributed by atoms with E-state index in [1.807, 2.05) is 0 Å². The Balaban J connectivity index is 1.14. The molecule has 0 saturated heterocycles. The Labute approximate surface area is 362 Å². The lowest BCUT2D eigenvalue weighted by molar-refractivity contribution is 0.660. The van der Waals surface area contributed by atoms with Crippen LogP contribution in [0.1, 0.15) is 25.0 Å². The van der Waals surface area contributed by atoms with Gasteiger partial charge in [-0.2, -0.15) is 0 Å². The van der Waals surface area contributed by atoms with Gasteiger partial charge in [-0.05, 0) is 142 Å². The molecule has 0 amide bonds. The summed E-state index contributed by atoms with van der Waals surface area (Å²) in [4.78, 5) is 2.51. The predicted molar refractivity (Wildman–Crippen MR) is 265 cm³/mol. The summed E-state index contributed by atoms with van der Waals surface area (Å²) in [5.74, 6) is 0. The van der Waals surface area contributed by atoms with Crippen LogP contribution in [0.3, 0.4) is 0 Å². The lowest BCUT2D eigenvalue weighted by Crippen LogP contribution is -2.17. The molecule has 0 aliphatic heterocycles. The average molecular weight is 790 g/mol. The monoisotopic (exact) mass is 789 g/mol. The number of fused-ring (bicyclic) bond motifs is 8. The molecule has 1 heteroatoms. The molecule has 292 valence electrons. The number of anilines is 3. The maximum Gasteiger partial charge on any atom is 0.0546 e. The summed E-state index contributed by atoms with van der Waals surface area (Å²) < 4.78 is 0. The van der Waals surface area contributed by atoms with Gasteiger partial charge in [-0.3, -0.25) is 0 Å². The summed E-state index contributed by atoms with van der Waals surface area (Å²) in [6.07, 6.45) is 0. The van der Waals surface area contributed by atoms with Gasteiger partial charge in [-0.15, -0.1) is 0 Å². The molecule has 1 aliphatic carbocycles. The van der Waals surface area contributed by atoms with Crippen LogP contribution in [-0.4, -0.2) is 0 Å². The number of benzene rings is 11. The predicted octanol–water partition coefficient (Wildman–Crippen LogP) is 17.1. The molecule has 0 fully saturated rings. The third kappa shape index (κ3) is 5.77. The molecule has 0 bridgehead atoms. The Morgan fingerprint density at radius 2 is 0.855 bits per heavy atom. The molecule has 11 aromatic rings. The Kier molecular flexibility index (Phi) is 8.27. The maximum absolute atomic E-state index is 2.51. The zero-order valence-electron chi connectivity index (χ0n) is 34.8. The van der Waals surface area contributed by atoms with E-state index < -0.39 is 0 Å². The van der Waals surface area contributed by atoms with Crippen LogP contribution in [-0.2, 0) is 5.41 Å². The zero-order chi connectivity index (χ0) is 41.4. The second kappa shape index (κ2) is 14.2. The fourth-order valence-electron chi connectivity index (χ4n) is 10.3. The van der Waals surface area contributed by atoms with Gasteiger partial charge in [0.25, 0.3) is 0 Å². The van der Waals surface area contributed by atoms with Crippen molar-refractivity contribution >= 4 is 60.2 Å². The smallest absolute Gasteiger partial charge is 0.0546 e. The number of rotatable bonds is 6. The van der Waals surface area contributed by atoms with Crippen molar-refractivity contribution in [2.24, 2.45) is 0 Å². The van der Waals surface area contributed by atoms with E-state index in [1.165, 1.54) is 98.7 Å². The molecule has 0 aromatic heterocycles. The van der Waals surface area contributed by atoms with Crippen molar-refractivity contribution in [1.29, 1.82) is 0 Å². The van der Waals surface area contributed by atoms with Crippen LogP contribution >= 0.6 is 0 Å². The van der Waals surface area contributed by atoms with E-state index in [0.717, 1.165) is 17.1 Å². The van der Waals surface area contributed by atoms with E-state index in [1.54, 1.807) is 0 Å². The molecule has 0 radical (unpaired) electrons. The molecule has 12 rings (SSSR count). The van der Waals surface area contributed by atoms with Gasteiger partial charge in [0, 0.05) is 22.4 Å². The second-order valence-electron chi connectivity index (χ2n) is 17.3. The van der Waals surface area contributed by atoms with Crippen LogP contribution in [0.15, 0.2) is 224 Å². The summed E-state index contributed by atoms with van der Waals surface area (Å²) in [5, 5.41) is 9.94. The summed E-state index contributed by atoms with van der Waals surface area (Å²) in [6, 6.07) is 83.3. The molecular weight excluding hydrogens is 747 g/mol. The molecule has 62 heavy (non-hydrogen) atoms. The van der Waals surface area contributed by atoms with Crippen LogP contribution in [0.5, 0.6) is 0 Å².